The molecule has 2 amide bonds. The molecule has 0 saturated heterocycles. The fraction of sp³-hybridized carbons (Fsp3) is 0.150. The van der Waals surface area contributed by atoms with Gasteiger partial charge in [-0.3, -0.25) is 9.59 Å². The Labute approximate surface area is 151 Å². The van der Waals surface area contributed by atoms with Crippen LogP contribution in [0, 0.1) is 13.8 Å². The summed E-state index contributed by atoms with van der Waals surface area (Å²) in [5.74, 6) is -0.426. The van der Waals surface area contributed by atoms with Crippen LogP contribution in [-0.2, 0) is 4.79 Å². The minimum Gasteiger partial charge on any atom is -0.326 e. The van der Waals surface area contributed by atoms with E-state index in [1.807, 2.05) is 38.1 Å². The van der Waals surface area contributed by atoms with Crippen LogP contribution in [0.1, 0.15) is 28.7 Å². The molecule has 1 aromatic heterocycles. The van der Waals surface area contributed by atoms with Gasteiger partial charge in [-0.25, -0.2) is 4.68 Å². The van der Waals surface area contributed by atoms with Gasteiger partial charge in [0.25, 0.3) is 5.91 Å². The first-order valence-electron chi connectivity index (χ1n) is 8.25. The van der Waals surface area contributed by atoms with E-state index < -0.39 is 0 Å². The lowest BCUT2D eigenvalue weighted by atomic mass is 10.2. The highest BCUT2D eigenvalue weighted by atomic mass is 16.2. The van der Waals surface area contributed by atoms with Crippen molar-refractivity contribution < 1.29 is 9.59 Å². The molecule has 3 rings (SSSR count). The molecule has 6 nitrogen and oxygen atoms in total. The zero-order chi connectivity index (χ0) is 18.7. The molecular weight excluding hydrogens is 328 g/mol. The molecule has 3 aromatic rings. The molecule has 26 heavy (non-hydrogen) atoms. The van der Waals surface area contributed by atoms with Crippen LogP contribution in [0.5, 0.6) is 0 Å². The van der Waals surface area contributed by atoms with E-state index in [0.717, 1.165) is 11.4 Å². The highest BCUT2D eigenvalue weighted by molar-refractivity contribution is 6.03. The molecule has 1 heterocycles. The number of hydrogen-bond donors (Lipinski definition) is 2. The molecule has 0 spiro atoms. The summed E-state index contributed by atoms with van der Waals surface area (Å²) in [5, 5.41) is 9.91. The third-order valence-corrected chi connectivity index (χ3v) is 3.86. The third-order valence-electron chi connectivity index (χ3n) is 3.86. The van der Waals surface area contributed by atoms with Gasteiger partial charge in [0.15, 0.2) is 5.69 Å². The Bertz CT molecular complexity index is 941. The van der Waals surface area contributed by atoms with Crippen molar-refractivity contribution in [1.82, 2.24) is 9.78 Å². The topological polar surface area (TPSA) is 76.0 Å². The molecule has 0 atom stereocenters. The summed E-state index contributed by atoms with van der Waals surface area (Å²) in [6.45, 7) is 5.38. The Morgan fingerprint density at radius 2 is 1.46 bits per heavy atom. The van der Waals surface area contributed by atoms with Gasteiger partial charge in [-0.1, -0.05) is 17.7 Å². The van der Waals surface area contributed by atoms with Crippen LogP contribution in [0.2, 0.25) is 0 Å². The second-order valence-electron chi connectivity index (χ2n) is 6.13. The zero-order valence-corrected chi connectivity index (χ0v) is 14.9. The summed E-state index contributed by atoms with van der Waals surface area (Å²) in [7, 11) is 0. The normalized spacial score (nSPS) is 10.4. The summed E-state index contributed by atoms with van der Waals surface area (Å²) >= 11 is 0. The first kappa shape index (κ1) is 17.4. The van der Waals surface area contributed by atoms with E-state index in [0.29, 0.717) is 17.1 Å². The van der Waals surface area contributed by atoms with Crippen molar-refractivity contribution in [1.29, 1.82) is 0 Å². The SMILES string of the molecule is CC(=O)Nc1ccc(NC(=O)c2cc(C)n(-c3ccc(C)cc3)n2)cc1. The van der Waals surface area contributed by atoms with E-state index in [2.05, 4.69) is 15.7 Å². The molecule has 0 aliphatic heterocycles. The summed E-state index contributed by atoms with van der Waals surface area (Å²) in [5.41, 5.74) is 4.60. The molecule has 0 bridgehead atoms. The molecule has 6 heteroatoms. The molecule has 0 fully saturated rings. The van der Waals surface area contributed by atoms with E-state index in [1.54, 1.807) is 35.0 Å². The van der Waals surface area contributed by atoms with Crippen LogP contribution < -0.4 is 10.6 Å². The predicted octanol–water partition coefficient (Wildman–Crippen LogP) is 3.70. The summed E-state index contributed by atoms with van der Waals surface area (Å²) in [6, 6.07) is 16.6. The van der Waals surface area contributed by atoms with Gasteiger partial charge in [0.05, 0.1) is 5.69 Å². The number of nitrogens with one attached hydrogen (secondary N) is 2. The number of amides is 2. The maximum atomic E-state index is 12.5. The highest BCUT2D eigenvalue weighted by Gasteiger charge is 2.13. The number of anilines is 2. The minimum absolute atomic E-state index is 0.140. The largest absolute Gasteiger partial charge is 0.326 e. The Balaban J connectivity index is 1.75. The van der Waals surface area contributed by atoms with Crippen molar-refractivity contribution in [2.45, 2.75) is 20.8 Å². The van der Waals surface area contributed by atoms with Gasteiger partial charge in [0, 0.05) is 24.0 Å². The monoisotopic (exact) mass is 348 g/mol. The number of rotatable bonds is 4. The van der Waals surface area contributed by atoms with Gasteiger partial charge in [-0.2, -0.15) is 5.10 Å². The Hall–Kier alpha value is -3.41. The Morgan fingerprint density at radius 1 is 0.885 bits per heavy atom. The van der Waals surface area contributed by atoms with Crippen molar-refractivity contribution in [2.75, 3.05) is 10.6 Å². The van der Waals surface area contributed by atoms with Crippen molar-refractivity contribution >= 4 is 23.2 Å². The van der Waals surface area contributed by atoms with E-state index in [1.165, 1.54) is 12.5 Å². The number of benzene rings is 2. The van der Waals surface area contributed by atoms with Gasteiger partial charge in [0.2, 0.25) is 5.91 Å². The molecular formula is C20H20N4O2. The highest BCUT2D eigenvalue weighted by Crippen LogP contribution is 2.16. The number of hydrogen-bond acceptors (Lipinski definition) is 3. The lowest BCUT2D eigenvalue weighted by Crippen LogP contribution is -2.13. The summed E-state index contributed by atoms with van der Waals surface area (Å²) < 4.78 is 1.74. The molecule has 2 aromatic carbocycles. The Morgan fingerprint density at radius 3 is 2.04 bits per heavy atom. The molecule has 0 unspecified atom stereocenters. The van der Waals surface area contributed by atoms with Crippen LogP contribution in [0.15, 0.2) is 54.6 Å². The number of aromatic nitrogens is 2. The van der Waals surface area contributed by atoms with Crippen molar-refractivity contribution in [2.24, 2.45) is 0 Å². The maximum absolute atomic E-state index is 12.5. The number of aryl methyl sites for hydroxylation is 2. The number of carbonyl (C=O) groups excluding carboxylic acids is 2. The summed E-state index contributed by atoms with van der Waals surface area (Å²) in [6.07, 6.45) is 0. The van der Waals surface area contributed by atoms with Crippen molar-refractivity contribution in [3.05, 3.63) is 71.5 Å². The fourth-order valence-corrected chi connectivity index (χ4v) is 2.57. The quantitative estimate of drug-likeness (QED) is 0.755. The van der Waals surface area contributed by atoms with Gasteiger partial charge in [0.1, 0.15) is 0 Å². The maximum Gasteiger partial charge on any atom is 0.276 e. The number of nitrogens with zero attached hydrogens (tertiary/aromatic N) is 2. The van der Waals surface area contributed by atoms with Gasteiger partial charge in [-0.15, -0.1) is 0 Å². The lowest BCUT2D eigenvalue weighted by Gasteiger charge is -2.06. The molecule has 0 aliphatic rings. The number of carbonyl (C=O) groups is 2. The van der Waals surface area contributed by atoms with Gasteiger partial charge in [-0.05, 0) is 56.3 Å². The molecule has 132 valence electrons. The van der Waals surface area contributed by atoms with Crippen LogP contribution >= 0.6 is 0 Å². The Kier molecular flexibility index (Phi) is 4.84. The van der Waals surface area contributed by atoms with Crippen molar-refractivity contribution in [3.63, 3.8) is 0 Å². The van der Waals surface area contributed by atoms with E-state index >= 15 is 0 Å². The van der Waals surface area contributed by atoms with Crippen LogP contribution in [-0.4, -0.2) is 21.6 Å². The van der Waals surface area contributed by atoms with E-state index in [4.69, 9.17) is 0 Å². The second-order valence-corrected chi connectivity index (χ2v) is 6.13. The second kappa shape index (κ2) is 7.23. The molecule has 2 N–H and O–H groups in total. The van der Waals surface area contributed by atoms with Crippen LogP contribution in [0.25, 0.3) is 5.69 Å². The average molecular weight is 348 g/mol. The lowest BCUT2D eigenvalue weighted by molar-refractivity contribution is -0.114. The average Bonchev–Trinajstić information content (AvgIpc) is 2.99. The molecule has 0 saturated carbocycles. The first-order valence-corrected chi connectivity index (χ1v) is 8.25. The fourth-order valence-electron chi connectivity index (χ4n) is 2.57. The van der Waals surface area contributed by atoms with E-state index in [-0.39, 0.29) is 11.8 Å². The predicted molar refractivity (Wildman–Crippen MR) is 102 cm³/mol. The smallest absolute Gasteiger partial charge is 0.276 e. The zero-order valence-electron chi connectivity index (χ0n) is 14.9. The third kappa shape index (κ3) is 3.97. The van der Waals surface area contributed by atoms with Crippen LogP contribution in [0.3, 0.4) is 0 Å². The van der Waals surface area contributed by atoms with Gasteiger partial charge >= 0.3 is 0 Å². The first-order chi connectivity index (χ1) is 12.4. The van der Waals surface area contributed by atoms with Crippen LogP contribution in [0.4, 0.5) is 11.4 Å². The minimum atomic E-state index is -0.286. The van der Waals surface area contributed by atoms with Gasteiger partial charge < -0.3 is 10.6 Å². The van der Waals surface area contributed by atoms with E-state index in [9.17, 15) is 9.59 Å². The van der Waals surface area contributed by atoms with Crippen molar-refractivity contribution in [3.8, 4) is 5.69 Å². The molecule has 0 aliphatic carbocycles. The summed E-state index contributed by atoms with van der Waals surface area (Å²) in [4.78, 5) is 23.5. The standard InChI is InChI=1S/C20H20N4O2/c1-13-4-10-18(11-5-13)24-14(2)12-19(23-24)20(26)22-17-8-6-16(7-9-17)21-15(3)25/h4-12H,1-3H3,(H,21,25)(H,22,26). The molecule has 0 radical (unpaired) electrons.